The summed E-state index contributed by atoms with van der Waals surface area (Å²) in [4.78, 5) is 11.8. The van der Waals surface area contributed by atoms with Crippen molar-refractivity contribution in [2.24, 2.45) is 0 Å². The number of hydrogen-bond acceptors (Lipinski definition) is 3. The molecule has 0 saturated carbocycles. The summed E-state index contributed by atoms with van der Waals surface area (Å²) in [6.45, 7) is 1.37. The minimum atomic E-state index is -0.0759. The zero-order valence-corrected chi connectivity index (χ0v) is 9.30. The second-order valence-corrected chi connectivity index (χ2v) is 3.63. The van der Waals surface area contributed by atoms with Crippen LogP contribution < -0.4 is 5.69 Å². The Morgan fingerprint density at radius 2 is 2.25 bits per heavy atom. The maximum absolute atomic E-state index is 11.8. The summed E-state index contributed by atoms with van der Waals surface area (Å²) >= 11 is 0. The van der Waals surface area contributed by atoms with Gasteiger partial charge in [0.2, 0.25) is 0 Å². The van der Waals surface area contributed by atoms with Crippen molar-refractivity contribution in [1.29, 1.82) is 0 Å². The molecule has 0 unspecified atom stereocenters. The van der Waals surface area contributed by atoms with E-state index in [2.05, 4.69) is 5.10 Å². The number of fused-ring (bicyclic) bond motifs is 1. The molecule has 0 N–H and O–H groups in total. The Kier molecular flexibility index (Phi) is 3.36. The topological polar surface area (TPSA) is 48.5 Å². The molecule has 2 aromatic heterocycles. The van der Waals surface area contributed by atoms with Gasteiger partial charge in [-0.2, -0.15) is 0 Å². The van der Waals surface area contributed by atoms with Gasteiger partial charge in [-0.15, -0.1) is 5.10 Å². The van der Waals surface area contributed by atoms with Gasteiger partial charge in [-0.05, 0) is 25.0 Å². The number of nitrogens with zero attached hydrogens (tertiary/aromatic N) is 3. The maximum atomic E-state index is 11.8. The molecule has 0 atom stereocenters. The predicted molar refractivity (Wildman–Crippen MR) is 60.6 cm³/mol. The molecule has 5 heteroatoms. The molecule has 0 fully saturated rings. The summed E-state index contributed by atoms with van der Waals surface area (Å²) < 4.78 is 8.01. The molecule has 0 aliphatic rings. The molecule has 2 aromatic rings. The van der Waals surface area contributed by atoms with Crippen LogP contribution in [0.15, 0.2) is 29.2 Å². The lowest BCUT2D eigenvalue weighted by molar-refractivity contribution is 0.191. The molecule has 16 heavy (non-hydrogen) atoms. The van der Waals surface area contributed by atoms with Gasteiger partial charge < -0.3 is 4.74 Å². The monoisotopic (exact) mass is 221 g/mol. The second kappa shape index (κ2) is 4.94. The minimum Gasteiger partial charge on any atom is -0.385 e. The zero-order valence-electron chi connectivity index (χ0n) is 9.30. The van der Waals surface area contributed by atoms with Gasteiger partial charge in [0.15, 0.2) is 5.65 Å². The van der Waals surface area contributed by atoms with Crippen molar-refractivity contribution in [2.45, 2.75) is 19.4 Å². The number of unbranched alkanes of at least 4 members (excludes halogenated alkanes) is 1. The molecular formula is C11H15N3O2. The van der Waals surface area contributed by atoms with E-state index < -0.39 is 0 Å². The van der Waals surface area contributed by atoms with E-state index >= 15 is 0 Å². The molecule has 86 valence electrons. The highest BCUT2D eigenvalue weighted by Gasteiger charge is 2.04. The van der Waals surface area contributed by atoms with Crippen molar-refractivity contribution in [2.75, 3.05) is 13.7 Å². The number of pyridine rings is 1. The highest BCUT2D eigenvalue weighted by Crippen LogP contribution is 1.97. The molecule has 2 heterocycles. The Bertz CT molecular complexity index is 515. The fourth-order valence-corrected chi connectivity index (χ4v) is 1.62. The fraction of sp³-hybridized carbons (Fsp3) is 0.455. The van der Waals surface area contributed by atoms with Crippen LogP contribution in [0.2, 0.25) is 0 Å². The lowest BCUT2D eigenvalue weighted by Gasteiger charge is -1.98. The molecule has 0 bridgehead atoms. The first-order valence-corrected chi connectivity index (χ1v) is 5.36. The van der Waals surface area contributed by atoms with Crippen LogP contribution in [-0.4, -0.2) is 27.9 Å². The van der Waals surface area contributed by atoms with E-state index in [1.54, 1.807) is 17.7 Å². The normalized spacial score (nSPS) is 11.1. The number of ether oxygens (including phenoxy) is 1. The predicted octanol–water partition coefficient (Wildman–Crippen LogP) is 0.923. The van der Waals surface area contributed by atoms with E-state index in [-0.39, 0.29) is 5.69 Å². The third kappa shape index (κ3) is 2.14. The average Bonchev–Trinajstić information content (AvgIpc) is 2.63. The zero-order chi connectivity index (χ0) is 11.4. The Balaban J connectivity index is 2.13. The van der Waals surface area contributed by atoms with Crippen LogP contribution in [0.25, 0.3) is 5.65 Å². The molecule has 0 radical (unpaired) electrons. The van der Waals surface area contributed by atoms with Crippen molar-refractivity contribution < 1.29 is 4.74 Å². The third-order valence-electron chi connectivity index (χ3n) is 2.46. The van der Waals surface area contributed by atoms with Crippen LogP contribution in [0.1, 0.15) is 12.8 Å². The van der Waals surface area contributed by atoms with Crippen LogP contribution in [0, 0.1) is 0 Å². The number of methoxy groups -OCH3 is 1. The van der Waals surface area contributed by atoms with Gasteiger partial charge in [-0.3, -0.25) is 4.40 Å². The minimum absolute atomic E-state index is 0.0759. The van der Waals surface area contributed by atoms with E-state index in [9.17, 15) is 4.79 Å². The summed E-state index contributed by atoms with van der Waals surface area (Å²) in [7, 11) is 1.68. The SMILES string of the molecule is COCCCCn1nc2ccccn2c1=O. The van der Waals surface area contributed by atoms with Gasteiger partial charge >= 0.3 is 5.69 Å². The quantitative estimate of drug-likeness (QED) is 0.705. The Hall–Kier alpha value is -1.62. The van der Waals surface area contributed by atoms with Gasteiger partial charge in [0.05, 0.1) is 0 Å². The van der Waals surface area contributed by atoms with E-state index in [0.29, 0.717) is 12.2 Å². The van der Waals surface area contributed by atoms with Gasteiger partial charge in [0.25, 0.3) is 0 Å². The van der Waals surface area contributed by atoms with E-state index in [4.69, 9.17) is 4.74 Å². The number of rotatable bonds is 5. The molecule has 5 nitrogen and oxygen atoms in total. The standard InChI is InChI=1S/C11H15N3O2/c1-16-9-5-4-8-14-11(15)13-7-3-2-6-10(13)12-14/h2-3,6-7H,4-5,8-9H2,1H3. The second-order valence-electron chi connectivity index (χ2n) is 3.63. The van der Waals surface area contributed by atoms with Crippen molar-refractivity contribution >= 4 is 5.65 Å². The van der Waals surface area contributed by atoms with Gasteiger partial charge in [-0.25, -0.2) is 9.48 Å². The lowest BCUT2D eigenvalue weighted by atomic mass is 10.3. The molecule has 0 amide bonds. The maximum Gasteiger partial charge on any atom is 0.350 e. The summed E-state index contributed by atoms with van der Waals surface area (Å²) in [5, 5.41) is 4.24. The van der Waals surface area contributed by atoms with Gasteiger partial charge in [0, 0.05) is 26.5 Å². The molecule has 0 spiro atoms. The van der Waals surface area contributed by atoms with Crippen LogP contribution in [0.5, 0.6) is 0 Å². The van der Waals surface area contributed by atoms with Crippen LogP contribution >= 0.6 is 0 Å². The average molecular weight is 221 g/mol. The van der Waals surface area contributed by atoms with Gasteiger partial charge in [-0.1, -0.05) is 6.07 Å². The van der Waals surface area contributed by atoms with Crippen molar-refractivity contribution in [3.63, 3.8) is 0 Å². The first-order chi connectivity index (χ1) is 7.83. The summed E-state index contributed by atoms with van der Waals surface area (Å²) in [5.41, 5.74) is 0.618. The Morgan fingerprint density at radius 3 is 3.00 bits per heavy atom. The Morgan fingerprint density at radius 1 is 1.38 bits per heavy atom. The number of aryl methyl sites for hydroxylation is 1. The smallest absolute Gasteiger partial charge is 0.350 e. The van der Waals surface area contributed by atoms with Crippen LogP contribution in [-0.2, 0) is 11.3 Å². The first-order valence-electron chi connectivity index (χ1n) is 5.36. The molecule has 0 saturated heterocycles. The van der Waals surface area contributed by atoms with E-state index in [1.807, 2.05) is 18.2 Å². The number of hydrogen-bond donors (Lipinski definition) is 0. The van der Waals surface area contributed by atoms with Gasteiger partial charge in [0.1, 0.15) is 0 Å². The molecular weight excluding hydrogens is 206 g/mol. The summed E-state index contributed by atoms with van der Waals surface area (Å²) in [6.07, 6.45) is 3.57. The lowest BCUT2D eigenvalue weighted by Crippen LogP contribution is -2.21. The first kappa shape index (κ1) is 10.9. The number of aromatic nitrogens is 3. The Labute approximate surface area is 93.3 Å². The van der Waals surface area contributed by atoms with Crippen LogP contribution in [0.3, 0.4) is 0 Å². The van der Waals surface area contributed by atoms with E-state index in [0.717, 1.165) is 19.4 Å². The van der Waals surface area contributed by atoms with Crippen molar-refractivity contribution in [3.05, 3.63) is 34.9 Å². The van der Waals surface area contributed by atoms with Crippen molar-refractivity contribution in [1.82, 2.24) is 14.2 Å². The van der Waals surface area contributed by atoms with Crippen molar-refractivity contribution in [3.8, 4) is 0 Å². The fourth-order valence-electron chi connectivity index (χ4n) is 1.62. The molecule has 0 aliphatic carbocycles. The van der Waals surface area contributed by atoms with E-state index in [1.165, 1.54) is 4.68 Å². The molecule has 0 aromatic carbocycles. The highest BCUT2D eigenvalue weighted by atomic mass is 16.5. The third-order valence-corrected chi connectivity index (χ3v) is 2.46. The summed E-state index contributed by atoms with van der Waals surface area (Å²) in [5.74, 6) is 0. The summed E-state index contributed by atoms with van der Waals surface area (Å²) in [6, 6.07) is 5.52. The highest BCUT2D eigenvalue weighted by molar-refractivity contribution is 5.35. The van der Waals surface area contributed by atoms with Crippen LogP contribution in [0.4, 0.5) is 0 Å². The largest absolute Gasteiger partial charge is 0.385 e. The molecule has 2 rings (SSSR count). The molecule has 0 aliphatic heterocycles.